The van der Waals surface area contributed by atoms with E-state index in [-0.39, 0.29) is 0 Å². The van der Waals surface area contributed by atoms with Crippen LogP contribution < -0.4 is 0 Å². The molecule has 3 aromatic carbocycles. The van der Waals surface area contributed by atoms with Gasteiger partial charge in [-0.15, -0.1) is 0 Å². The first-order valence-electron chi connectivity index (χ1n) is 8.02. The fraction of sp³-hybridized carbons (Fsp3) is 0.143. The largest absolute Gasteiger partial charge is 0.505 e. The summed E-state index contributed by atoms with van der Waals surface area (Å²) < 4.78 is 28.1. The Hall–Kier alpha value is -2.88. The third kappa shape index (κ3) is 2.84. The Morgan fingerprint density at radius 1 is 0.720 bits per heavy atom. The fourth-order valence-corrected chi connectivity index (χ4v) is 3.38. The molecule has 0 bridgehead atoms. The van der Waals surface area contributed by atoms with Crippen LogP contribution in [-0.4, -0.2) is 10.2 Å². The van der Waals surface area contributed by atoms with Crippen LogP contribution in [-0.2, 0) is 5.41 Å². The number of phenols is 2. The van der Waals surface area contributed by atoms with Crippen LogP contribution in [0.2, 0.25) is 0 Å². The third-order valence-corrected chi connectivity index (χ3v) is 4.68. The van der Waals surface area contributed by atoms with Gasteiger partial charge in [-0.25, -0.2) is 8.78 Å². The molecule has 0 spiro atoms. The SMILES string of the molecule is CCC(c1ccccc1)(c1ccc(O)c(F)c1)c1ccc(O)c(F)c1. The molecule has 3 rings (SSSR count). The van der Waals surface area contributed by atoms with Crippen molar-refractivity contribution in [1.29, 1.82) is 0 Å². The van der Waals surface area contributed by atoms with Gasteiger partial charge in [0.25, 0.3) is 0 Å². The van der Waals surface area contributed by atoms with Gasteiger partial charge in [-0.2, -0.15) is 0 Å². The van der Waals surface area contributed by atoms with Gasteiger partial charge in [-0.05, 0) is 47.4 Å². The first-order chi connectivity index (χ1) is 12.0. The average Bonchev–Trinajstić information content (AvgIpc) is 2.63. The maximum Gasteiger partial charge on any atom is 0.165 e. The van der Waals surface area contributed by atoms with E-state index in [1.165, 1.54) is 24.3 Å². The highest BCUT2D eigenvalue weighted by Gasteiger charge is 2.35. The van der Waals surface area contributed by atoms with Gasteiger partial charge in [0, 0.05) is 5.41 Å². The number of halogens is 2. The molecule has 128 valence electrons. The van der Waals surface area contributed by atoms with Crippen LogP contribution in [0.3, 0.4) is 0 Å². The second-order valence-corrected chi connectivity index (χ2v) is 5.96. The van der Waals surface area contributed by atoms with E-state index in [9.17, 15) is 19.0 Å². The van der Waals surface area contributed by atoms with Gasteiger partial charge in [0.15, 0.2) is 23.1 Å². The summed E-state index contributed by atoms with van der Waals surface area (Å²) in [5, 5.41) is 19.1. The van der Waals surface area contributed by atoms with Crippen LogP contribution in [0.4, 0.5) is 8.78 Å². The fourth-order valence-electron chi connectivity index (χ4n) is 3.38. The maximum absolute atomic E-state index is 14.1. The van der Waals surface area contributed by atoms with Crippen molar-refractivity contribution in [2.45, 2.75) is 18.8 Å². The second-order valence-electron chi connectivity index (χ2n) is 5.96. The summed E-state index contributed by atoms with van der Waals surface area (Å²) in [5.41, 5.74) is 1.25. The van der Waals surface area contributed by atoms with E-state index >= 15 is 0 Å². The molecule has 0 aliphatic rings. The number of benzene rings is 3. The van der Waals surface area contributed by atoms with Crippen LogP contribution in [0.1, 0.15) is 30.0 Å². The Morgan fingerprint density at radius 2 is 1.20 bits per heavy atom. The molecule has 0 fully saturated rings. The van der Waals surface area contributed by atoms with E-state index in [4.69, 9.17) is 0 Å². The Kier molecular flexibility index (Phi) is 4.45. The number of rotatable bonds is 4. The van der Waals surface area contributed by atoms with Crippen LogP contribution in [0.5, 0.6) is 11.5 Å². The third-order valence-electron chi connectivity index (χ3n) is 4.68. The van der Waals surface area contributed by atoms with Crippen LogP contribution >= 0.6 is 0 Å². The molecule has 2 N–H and O–H groups in total. The smallest absolute Gasteiger partial charge is 0.165 e. The van der Waals surface area contributed by atoms with Crippen molar-refractivity contribution < 1.29 is 19.0 Å². The molecule has 4 heteroatoms. The molecule has 0 aliphatic heterocycles. The first kappa shape index (κ1) is 17.0. The van der Waals surface area contributed by atoms with Gasteiger partial charge in [-0.1, -0.05) is 49.4 Å². The number of aromatic hydroxyl groups is 2. The minimum absolute atomic E-state index is 0.432. The summed E-state index contributed by atoms with van der Waals surface area (Å²) in [5.74, 6) is -2.33. The van der Waals surface area contributed by atoms with Gasteiger partial charge < -0.3 is 10.2 Å². The van der Waals surface area contributed by atoms with E-state index in [1.807, 2.05) is 37.3 Å². The summed E-state index contributed by atoms with van der Waals surface area (Å²) in [6.07, 6.45) is 0.533. The zero-order chi connectivity index (χ0) is 18.0. The molecule has 0 heterocycles. The summed E-state index contributed by atoms with van der Waals surface area (Å²) in [6, 6.07) is 17.8. The summed E-state index contributed by atoms with van der Waals surface area (Å²) >= 11 is 0. The molecule has 0 aliphatic carbocycles. The summed E-state index contributed by atoms with van der Waals surface area (Å²) in [6.45, 7) is 1.93. The minimum Gasteiger partial charge on any atom is -0.505 e. The van der Waals surface area contributed by atoms with Crippen LogP contribution in [0.25, 0.3) is 0 Å². The second kappa shape index (κ2) is 6.55. The van der Waals surface area contributed by atoms with Crippen molar-refractivity contribution in [3.63, 3.8) is 0 Å². The zero-order valence-corrected chi connectivity index (χ0v) is 13.7. The average molecular weight is 340 g/mol. The van der Waals surface area contributed by atoms with Crippen molar-refractivity contribution in [3.05, 3.63) is 95.1 Å². The Balaban J connectivity index is 2.33. The lowest BCUT2D eigenvalue weighted by Gasteiger charge is -2.35. The molecular formula is C21H18F2O2. The quantitative estimate of drug-likeness (QED) is 0.647. The molecule has 0 radical (unpaired) electrons. The molecular weight excluding hydrogens is 322 g/mol. The summed E-state index contributed by atoms with van der Waals surface area (Å²) in [4.78, 5) is 0. The highest BCUT2D eigenvalue weighted by Crippen LogP contribution is 2.43. The molecule has 0 saturated heterocycles. The molecule has 25 heavy (non-hydrogen) atoms. The molecule has 3 aromatic rings. The van der Waals surface area contributed by atoms with Crippen LogP contribution in [0, 0.1) is 11.6 Å². The van der Waals surface area contributed by atoms with E-state index in [1.54, 1.807) is 12.1 Å². The molecule has 0 saturated carbocycles. The molecule has 0 amide bonds. The molecule has 0 unspecified atom stereocenters. The maximum atomic E-state index is 14.1. The molecule has 0 atom stereocenters. The zero-order valence-electron chi connectivity index (χ0n) is 13.7. The predicted molar refractivity (Wildman–Crippen MR) is 92.7 cm³/mol. The molecule has 2 nitrogen and oxygen atoms in total. The highest BCUT2D eigenvalue weighted by molar-refractivity contribution is 5.52. The Bertz CT molecular complexity index is 840. The predicted octanol–water partition coefficient (Wildman–Crippen LogP) is 5.12. The van der Waals surface area contributed by atoms with E-state index in [0.717, 1.165) is 5.56 Å². The van der Waals surface area contributed by atoms with Crippen molar-refractivity contribution in [3.8, 4) is 11.5 Å². The Morgan fingerprint density at radius 3 is 1.60 bits per heavy atom. The van der Waals surface area contributed by atoms with Crippen LogP contribution in [0.15, 0.2) is 66.7 Å². The van der Waals surface area contributed by atoms with Crippen molar-refractivity contribution >= 4 is 0 Å². The van der Waals surface area contributed by atoms with E-state index in [2.05, 4.69) is 0 Å². The van der Waals surface area contributed by atoms with E-state index in [0.29, 0.717) is 17.5 Å². The lowest BCUT2D eigenvalue weighted by molar-refractivity contribution is 0.428. The van der Waals surface area contributed by atoms with Gasteiger partial charge in [0.1, 0.15) is 0 Å². The topological polar surface area (TPSA) is 40.5 Å². The van der Waals surface area contributed by atoms with Gasteiger partial charge in [0.05, 0.1) is 0 Å². The standard InChI is InChI=1S/C21H18F2O2/c1-2-21(14-6-4-3-5-7-14,15-8-10-19(24)17(22)12-15)16-9-11-20(25)18(23)13-16/h3-13,24-25H,2H2,1H3. The van der Waals surface area contributed by atoms with Gasteiger partial charge in [-0.3, -0.25) is 0 Å². The molecule has 0 aromatic heterocycles. The van der Waals surface area contributed by atoms with Gasteiger partial charge in [0.2, 0.25) is 0 Å². The number of phenolic OH excluding ortho intramolecular Hbond substituents is 2. The number of hydrogen-bond acceptors (Lipinski definition) is 2. The van der Waals surface area contributed by atoms with Crippen molar-refractivity contribution in [2.75, 3.05) is 0 Å². The minimum atomic E-state index is -0.815. The lowest BCUT2D eigenvalue weighted by atomic mass is 9.67. The monoisotopic (exact) mass is 340 g/mol. The summed E-state index contributed by atoms with van der Waals surface area (Å²) in [7, 11) is 0. The normalized spacial score (nSPS) is 11.5. The van der Waals surface area contributed by atoms with E-state index < -0.39 is 28.5 Å². The van der Waals surface area contributed by atoms with Crippen molar-refractivity contribution in [2.24, 2.45) is 0 Å². The Labute approximate surface area is 145 Å². The van der Waals surface area contributed by atoms with Crippen molar-refractivity contribution in [1.82, 2.24) is 0 Å². The van der Waals surface area contributed by atoms with Gasteiger partial charge >= 0.3 is 0 Å². The first-order valence-corrected chi connectivity index (χ1v) is 8.02. The number of hydrogen-bond donors (Lipinski definition) is 2. The highest BCUT2D eigenvalue weighted by atomic mass is 19.1. The lowest BCUT2D eigenvalue weighted by Crippen LogP contribution is -2.29.